The highest BCUT2D eigenvalue weighted by molar-refractivity contribution is 7.98. The van der Waals surface area contributed by atoms with Gasteiger partial charge in [-0.2, -0.15) is 11.8 Å². The monoisotopic (exact) mass is 550 g/mol. The van der Waals surface area contributed by atoms with Crippen LogP contribution in [-0.2, 0) is 20.6 Å². The number of halogens is 2. The van der Waals surface area contributed by atoms with E-state index in [1.807, 2.05) is 38.1 Å². The lowest BCUT2D eigenvalue weighted by Crippen LogP contribution is -2.41. The predicted molar refractivity (Wildman–Crippen MR) is 147 cm³/mol. The van der Waals surface area contributed by atoms with Crippen LogP contribution in [-0.4, -0.2) is 33.2 Å². The van der Waals surface area contributed by atoms with Crippen LogP contribution >= 0.6 is 35.0 Å². The van der Waals surface area contributed by atoms with Crippen LogP contribution in [0.2, 0.25) is 10.0 Å². The summed E-state index contributed by atoms with van der Waals surface area (Å²) in [6, 6.07) is 19.3. The van der Waals surface area contributed by atoms with Gasteiger partial charge in [-0.3, -0.25) is 9.10 Å². The molecule has 0 heterocycles. The third-order valence-electron chi connectivity index (χ3n) is 5.28. The molecule has 0 fully saturated rings. The number of nitrogens with zero attached hydrogens (tertiary/aromatic N) is 1. The van der Waals surface area contributed by atoms with Gasteiger partial charge in [-0.15, -0.1) is 0 Å². The molecule has 0 unspecified atom stereocenters. The molecular formula is C26H28Cl2N2O3S2. The molecule has 0 aliphatic rings. The number of hydrogen-bond acceptors (Lipinski definition) is 4. The minimum atomic E-state index is -3.97. The van der Waals surface area contributed by atoms with Gasteiger partial charge in [-0.25, -0.2) is 8.42 Å². The van der Waals surface area contributed by atoms with E-state index in [1.165, 1.54) is 0 Å². The summed E-state index contributed by atoms with van der Waals surface area (Å²) in [7, 11) is -3.97. The summed E-state index contributed by atoms with van der Waals surface area (Å²) in [6.45, 7) is 3.83. The zero-order valence-corrected chi connectivity index (χ0v) is 22.8. The lowest BCUT2D eigenvalue weighted by atomic mass is 10.2. The number of amides is 1. The number of sulfonamides is 1. The van der Waals surface area contributed by atoms with Crippen molar-refractivity contribution >= 4 is 56.6 Å². The Balaban J connectivity index is 1.62. The zero-order valence-electron chi connectivity index (χ0n) is 19.6. The van der Waals surface area contributed by atoms with E-state index in [0.29, 0.717) is 17.3 Å². The Hall–Kier alpha value is -2.19. The first-order valence-corrected chi connectivity index (χ1v) is 14.5. The van der Waals surface area contributed by atoms with Crippen LogP contribution in [0, 0.1) is 13.8 Å². The van der Waals surface area contributed by atoms with E-state index in [0.717, 1.165) is 43.9 Å². The average molecular weight is 552 g/mol. The van der Waals surface area contributed by atoms with Gasteiger partial charge >= 0.3 is 0 Å². The van der Waals surface area contributed by atoms with E-state index in [9.17, 15) is 13.2 Å². The molecule has 3 rings (SSSR count). The molecule has 0 radical (unpaired) electrons. The third kappa shape index (κ3) is 7.90. The number of aryl methyl sites for hydroxylation is 2. The lowest BCUT2D eigenvalue weighted by Gasteiger charge is -2.24. The fourth-order valence-electron chi connectivity index (χ4n) is 3.29. The number of nitrogens with one attached hydrogen (secondary N) is 1. The van der Waals surface area contributed by atoms with E-state index in [4.69, 9.17) is 23.2 Å². The number of rotatable bonds is 11. The highest BCUT2D eigenvalue weighted by atomic mass is 35.5. The Labute approximate surface area is 221 Å². The second kappa shape index (κ2) is 12.7. The second-order valence-electron chi connectivity index (χ2n) is 8.14. The summed E-state index contributed by atoms with van der Waals surface area (Å²) in [5.74, 6) is 1.31. The molecule has 0 aliphatic carbocycles. The lowest BCUT2D eigenvalue weighted by molar-refractivity contribution is -0.119. The molecule has 0 atom stereocenters. The molecule has 9 heteroatoms. The molecule has 0 spiro atoms. The van der Waals surface area contributed by atoms with Crippen LogP contribution in [0.3, 0.4) is 0 Å². The highest BCUT2D eigenvalue weighted by Gasteiger charge is 2.27. The van der Waals surface area contributed by atoms with E-state index >= 15 is 0 Å². The molecule has 3 aromatic rings. The van der Waals surface area contributed by atoms with E-state index in [-0.39, 0.29) is 17.3 Å². The number of hydrogen-bond donors (Lipinski definition) is 1. The second-order valence-corrected chi connectivity index (χ2v) is 12.0. The Morgan fingerprint density at radius 3 is 2.43 bits per heavy atom. The summed E-state index contributed by atoms with van der Waals surface area (Å²) in [6.07, 6.45) is 0.762. The van der Waals surface area contributed by atoms with Crippen molar-refractivity contribution in [2.45, 2.75) is 30.9 Å². The molecule has 35 heavy (non-hydrogen) atoms. The van der Waals surface area contributed by atoms with Crippen molar-refractivity contribution in [1.29, 1.82) is 0 Å². The molecule has 0 aliphatic heterocycles. The molecule has 0 aromatic heterocycles. The Morgan fingerprint density at radius 1 is 1.00 bits per heavy atom. The van der Waals surface area contributed by atoms with Crippen molar-refractivity contribution in [3.05, 3.63) is 93.5 Å². The van der Waals surface area contributed by atoms with Crippen molar-refractivity contribution in [3.8, 4) is 0 Å². The van der Waals surface area contributed by atoms with E-state index in [2.05, 4.69) is 5.32 Å². The topological polar surface area (TPSA) is 66.5 Å². The van der Waals surface area contributed by atoms with Crippen LogP contribution < -0.4 is 9.62 Å². The molecule has 1 N–H and O–H groups in total. The first-order chi connectivity index (χ1) is 16.7. The standard InChI is InChI=1S/C26H28Cl2N2O3S2/c1-19-7-11-24(12-8-19)35(32,33)30(23-10-9-20(2)25(28)16-23)17-26(31)29-13-4-14-34-18-21-5-3-6-22(27)15-21/h3,5-12,15-16H,4,13-14,17-18H2,1-2H3,(H,29,31). The first-order valence-electron chi connectivity index (χ1n) is 11.1. The highest BCUT2D eigenvalue weighted by Crippen LogP contribution is 2.28. The van der Waals surface area contributed by atoms with Crippen LogP contribution in [0.15, 0.2) is 71.6 Å². The van der Waals surface area contributed by atoms with Crippen molar-refractivity contribution in [1.82, 2.24) is 5.32 Å². The normalized spacial score (nSPS) is 11.3. The smallest absolute Gasteiger partial charge is 0.264 e. The van der Waals surface area contributed by atoms with Crippen LogP contribution in [0.25, 0.3) is 0 Å². The molecule has 186 valence electrons. The third-order valence-corrected chi connectivity index (χ3v) is 8.83. The molecule has 5 nitrogen and oxygen atoms in total. The van der Waals surface area contributed by atoms with Crippen molar-refractivity contribution in [2.75, 3.05) is 23.1 Å². The summed E-state index contributed by atoms with van der Waals surface area (Å²) in [4.78, 5) is 12.8. The van der Waals surface area contributed by atoms with E-state index < -0.39 is 10.0 Å². The van der Waals surface area contributed by atoms with Crippen LogP contribution in [0.1, 0.15) is 23.1 Å². The largest absolute Gasteiger partial charge is 0.354 e. The maximum absolute atomic E-state index is 13.4. The van der Waals surface area contributed by atoms with Crippen LogP contribution in [0.5, 0.6) is 0 Å². The number of benzene rings is 3. The zero-order chi connectivity index (χ0) is 25.4. The first kappa shape index (κ1) is 27.4. The Bertz CT molecular complexity index is 1270. The fourth-order valence-corrected chi connectivity index (χ4v) is 6.00. The predicted octanol–water partition coefficient (Wildman–Crippen LogP) is 6.25. The average Bonchev–Trinajstić information content (AvgIpc) is 2.82. The van der Waals surface area contributed by atoms with Gasteiger partial charge in [0.1, 0.15) is 6.54 Å². The van der Waals surface area contributed by atoms with Gasteiger partial charge in [0.15, 0.2) is 0 Å². The summed E-state index contributed by atoms with van der Waals surface area (Å²) in [5.41, 5.74) is 3.26. The minimum Gasteiger partial charge on any atom is -0.354 e. The summed E-state index contributed by atoms with van der Waals surface area (Å²) < 4.78 is 28.0. The van der Waals surface area contributed by atoms with Gasteiger partial charge in [0.05, 0.1) is 10.6 Å². The number of carbonyl (C=O) groups excluding carboxylic acids is 1. The fraction of sp³-hybridized carbons (Fsp3) is 0.269. The van der Waals surface area contributed by atoms with Gasteiger partial charge in [0.2, 0.25) is 5.91 Å². The number of anilines is 1. The maximum Gasteiger partial charge on any atom is 0.264 e. The van der Waals surface area contributed by atoms with Crippen molar-refractivity contribution in [3.63, 3.8) is 0 Å². The molecule has 1 amide bonds. The molecule has 0 saturated heterocycles. The van der Waals surface area contributed by atoms with Gasteiger partial charge in [-0.05, 0) is 73.5 Å². The number of carbonyl (C=O) groups is 1. The van der Waals surface area contributed by atoms with Gasteiger partial charge in [0.25, 0.3) is 10.0 Å². The quantitative estimate of drug-likeness (QED) is 0.287. The van der Waals surface area contributed by atoms with Gasteiger partial charge in [0, 0.05) is 22.3 Å². The molecular weight excluding hydrogens is 523 g/mol. The molecule has 0 saturated carbocycles. The van der Waals surface area contributed by atoms with Crippen LogP contribution in [0.4, 0.5) is 5.69 Å². The summed E-state index contributed by atoms with van der Waals surface area (Å²) >= 11 is 14.0. The SMILES string of the molecule is Cc1ccc(S(=O)(=O)N(CC(=O)NCCCSCc2cccc(Cl)c2)c2ccc(C)c(Cl)c2)cc1. The Morgan fingerprint density at radius 2 is 1.74 bits per heavy atom. The molecule has 3 aromatic carbocycles. The van der Waals surface area contributed by atoms with Crippen molar-refractivity contribution < 1.29 is 13.2 Å². The summed E-state index contributed by atoms with van der Waals surface area (Å²) in [5, 5.41) is 3.99. The number of thioether (sulfide) groups is 1. The molecule has 0 bridgehead atoms. The minimum absolute atomic E-state index is 0.116. The Kier molecular flexibility index (Phi) is 9.92. The van der Waals surface area contributed by atoms with Gasteiger partial charge in [-0.1, -0.05) is 59.1 Å². The van der Waals surface area contributed by atoms with Gasteiger partial charge < -0.3 is 5.32 Å². The van der Waals surface area contributed by atoms with Crippen molar-refractivity contribution in [2.24, 2.45) is 0 Å². The van der Waals surface area contributed by atoms with E-state index in [1.54, 1.807) is 54.2 Å². The maximum atomic E-state index is 13.4.